The molecule has 1 saturated carbocycles. The van der Waals surface area contributed by atoms with Gasteiger partial charge in [0.2, 0.25) is 17.7 Å². The van der Waals surface area contributed by atoms with E-state index in [4.69, 9.17) is 10.5 Å². The molecule has 0 aliphatic heterocycles. The Labute approximate surface area is 246 Å². The van der Waals surface area contributed by atoms with Crippen LogP contribution >= 0.6 is 0 Å². The molecule has 2 rings (SSSR count). The maximum Gasteiger partial charge on any atom is 0.408 e. The van der Waals surface area contributed by atoms with Crippen LogP contribution in [0, 0.1) is 19.8 Å². The monoisotopic (exact) mass is 572 g/mol. The first kappa shape index (κ1) is 34.1. The molecule has 1 aromatic rings. The standard InChI is InChI=1S/C32H52N4O5/c1-20(2)14-16-23(5)36(30(39)26(19-27(33)37)35-31(40)41-32(6,7)8)28(24-17-15-21(3)22(4)18-24)29(38)34-25-12-10-9-11-13-25/h15,17-18,20,23,25-26,28H,9-14,16,19H2,1-8H3,(H2,33,37)(H,34,38)(H,35,40). The maximum atomic E-state index is 14.4. The van der Waals surface area contributed by atoms with Crippen molar-refractivity contribution in [2.45, 2.75) is 137 Å². The normalized spacial score (nSPS) is 16.4. The number of hydrogen-bond acceptors (Lipinski definition) is 5. The highest BCUT2D eigenvalue weighted by Gasteiger charge is 2.40. The minimum atomic E-state index is -1.29. The molecule has 9 heteroatoms. The van der Waals surface area contributed by atoms with Gasteiger partial charge in [-0.05, 0) is 89.8 Å². The van der Waals surface area contributed by atoms with Gasteiger partial charge in [-0.15, -0.1) is 0 Å². The average Bonchev–Trinajstić information content (AvgIpc) is 2.86. The Morgan fingerprint density at radius 1 is 1.00 bits per heavy atom. The summed E-state index contributed by atoms with van der Waals surface area (Å²) in [6, 6.07) is 3.20. The zero-order chi connectivity index (χ0) is 30.9. The van der Waals surface area contributed by atoms with Gasteiger partial charge in [0.15, 0.2) is 0 Å². The first-order valence-electron chi connectivity index (χ1n) is 15.1. The molecule has 3 atom stereocenters. The second kappa shape index (κ2) is 15.2. The van der Waals surface area contributed by atoms with E-state index in [0.717, 1.165) is 49.7 Å². The second-order valence-electron chi connectivity index (χ2n) is 13.0. The van der Waals surface area contributed by atoms with Crippen molar-refractivity contribution in [1.82, 2.24) is 15.5 Å². The minimum Gasteiger partial charge on any atom is -0.444 e. The van der Waals surface area contributed by atoms with E-state index in [1.807, 2.05) is 39.0 Å². The molecular weight excluding hydrogens is 520 g/mol. The summed E-state index contributed by atoms with van der Waals surface area (Å²) in [6.07, 6.45) is 5.25. The zero-order valence-corrected chi connectivity index (χ0v) is 26.3. The third-order valence-electron chi connectivity index (χ3n) is 7.61. The van der Waals surface area contributed by atoms with Crippen molar-refractivity contribution in [3.63, 3.8) is 0 Å². The van der Waals surface area contributed by atoms with Gasteiger partial charge in [-0.25, -0.2) is 4.79 Å². The Morgan fingerprint density at radius 2 is 1.63 bits per heavy atom. The summed E-state index contributed by atoms with van der Waals surface area (Å²) >= 11 is 0. The SMILES string of the molecule is Cc1ccc(C(C(=O)NC2CCCCC2)N(C(=O)C(CC(N)=O)NC(=O)OC(C)(C)C)C(C)CCC(C)C)cc1C. The Hall–Kier alpha value is -3.10. The number of rotatable bonds is 12. The maximum absolute atomic E-state index is 14.4. The average molecular weight is 573 g/mol. The molecule has 1 aromatic carbocycles. The highest BCUT2D eigenvalue weighted by atomic mass is 16.6. The van der Waals surface area contributed by atoms with Crippen molar-refractivity contribution in [2.24, 2.45) is 11.7 Å². The van der Waals surface area contributed by atoms with Crippen molar-refractivity contribution in [1.29, 1.82) is 0 Å². The summed E-state index contributed by atoms with van der Waals surface area (Å²) in [6.45, 7) is 15.2. The number of primary amides is 1. The van der Waals surface area contributed by atoms with Gasteiger partial charge < -0.3 is 26.0 Å². The first-order valence-corrected chi connectivity index (χ1v) is 15.1. The van der Waals surface area contributed by atoms with Crippen molar-refractivity contribution in [2.75, 3.05) is 0 Å². The molecule has 230 valence electrons. The number of carbonyl (C=O) groups is 4. The fourth-order valence-electron chi connectivity index (χ4n) is 5.24. The summed E-state index contributed by atoms with van der Waals surface area (Å²) in [5, 5.41) is 5.79. The number of aryl methyl sites for hydroxylation is 2. The summed E-state index contributed by atoms with van der Waals surface area (Å²) in [4.78, 5) is 54.9. The Balaban J connectivity index is 2.60. The molecule has 9 nitrogen and oxygen atoms in total. The largest absolute Gasteiger partial charge is 0.444 e. The predicted octanol–water partition coefficient (Wildman–Crippen LogP) is 5.22. The van der Waals surface area contributed by atoms with E-state index in [-0.39, 0.29) is 18.0 Å². The third kappa shape index (κ3) is 11.0. The van der Waals surface area contributed by atoms with E-state index in [0.29, 0.717) is 17.9 Å². The van der Waals surface area contributed by atoms with Gasteiger partial charge in [-0.3, -0.25) is 14.4 Å². The van der Waals surface area contributed by atoms with Gasteiger partial charge in [0.1, 0.15) is 17.7 Å². The zero-order valence-electron chi connectivity index (χ0n) is 26.3. The fourth-order valence-corrected chi connectivity index (χ4v) is 5.24. The Morgan fingerprint density at radius 3 is 2.17 bits per heavy atom. The number of hydrogen-bond donors (Lipinski definition) is 3. The number of ether oxygens (including phenoxy) is 1. The molecule has 1 aliphatic carbocycles. The summed E-state index contributed by atoms with van der Waals surface area (Å²) in [5.74, 6) is -1.18. The molecule has 0 bridgehead atoms. The predicted molar refractivity (Wildman–Crippen MR) is 161 cm³/mol. The van der Waals surface area contributed by atoms with Crippen molar-refractivity contribution < 1.29 is 23.9 Å². The molecule has 0 spiro atoms. The van der Waals surface area contributed by atoms with Crippen LogP contribution in [-0.4, -0.2) is 52.4 Å². The lowest BCUT2D eigenvalue weighted by Gasteiger charge is -2.39. The van der Waals surface area contributed by atoms with Gasteiger partial charge in [0.25, 0.3) is 0 Å². The van der Waals surface area contributed by atoms with Gasteiger partial charge in [-0.2, -0.15) is 0 Å². The minimum absolute atomic E-state index is 0.0366. The van der Waals surface area contributed by atoms with Crippen molar-refractivity contribution in [3.05, 3.63) is 34.9 Å². The number of carbonyl (C=O) groups excluding carboxylic acids is 4. The first-order chi connectivity index (χ1) is 19.1. The van der Waals surface area contributed by atoms with E-state index in [1.54, 1.807) is 25.7 Å². The molecule has 41 heavy (non-hydrogen) atoms. The lowest BCUT2D eigenvalue weighted by atomic mass is 9.92. The van der Waals surface area contributed by atoms with Crippen LogP contribution in [0.4, 0.5) is 4.79 Å². The van der Waals surface area contributed by atoms with Gasteiger partial charge >= 0.3 is 6.09 Å². The third-order valence-corrected chi connectivity index (χ3v) is 7.61. The molecule has 3 unspecified atom stereocenters. The Kier molecular flexibility index (Phi) is 12.7. The smallest absolute Gasteiger partial charge is 0.408 e. The molecule has 1 aliphatic rings. The number of nitrogens with one attached hydrogen (secondary N) is 2. The van der Waals surface area contributed by atoms with Crippen molar-refractivity contribution >= 4 is 23.8 Å². The molecule has 1 fully saturated rings. The van der Waals surface area contributed by atoms with E-state index < -0.39 is 42.0 Å². The van der Waals surface area contributed by atoms with E-state index in [2.05, 4.69) is 24.5 Å². The fraction of sp³-hybridized carbons (Fsp3) is 0.688. The molecule has 0 saturated heterocycles. The quantitative estimate of drug-likeness (QED) is 0.316. The van der Waals surface area contributed by atoms with Crippen LogP contribution in [0.1, 0.15) is 116 Å². The number of benzene rings is 1. The van der Waals surface area contributed by atoms with Crippen LogP contribution in [0.25, 0.3) is 0 Å². The molecular formula is C32H52N4O5. The lowest BCUT2D eigenvalue weighted by molar-refractivity contribution is -0.146. The van der Waals surface area contributed by atoms with Crippen LogP contribution in [0.2, 0.25) is 0 Å². The highest BCUT2D eigenvalue weighted by molar-refractivity contribution is 5.94. The number of nitrogens with two attached hydrogens (primary N) is 1. The van der Waals surface area contributed by atoms with Gasteiger partial charge in [0, 0.05) is 12.1 Å². The molecule has 4 N–H and O–H groups in total. The molecule has 0 heterocycles. The Bertz CT molecular complexity index is 1060. The molecule has 0 radical (unpaired) electrons. The van der Waals surface area contributed by atoms with E-state index >= 15 is 0 Å². The highest BCUT2D eigenvalue weighted by Crippen LogP contribution is 2.30. The number of nitrogens with zero attached hydrogens (tertiary/aromatic N) is 1. The van der Waals surface area contributed by atoms with Gasteiger partial charge in [-0.1, -0.05) is 51.3 Å². The number of alkyl carbamates (subject to hydrolysis) is 1. The molecule has 0 aromatic heterocycles. The van der Waals surface area contributed by atoms with Crippen molar-refractivity contribution in [3.8, 4) is 0 Å². The molecule has 4 amide bonds. The summed E-state index contributed by atoms with van der Waals surface area (Å²) < 4.78 is 5.39. The van der Waals surface area contributed by atoms with E-state index in [9.17, 15) is 19.2 Å². The van der Waals surface area contributed by atoms with Crippen LogP contribution in [0.5, 0.6) is 0 Å². The van der Waals surface area contributed by atoms with Gasteiger partial charge in [0.05, 0.1) is 6.42 Å². The van der Waals surface area contributed by atoms with E-state index in [1.165, 1.54) is 0 Å². The lowest BCUT2D eigenvalue weighted by Crippen LogP contribution is -2.57. The van der Waals surface area contributed by atoms with Crippen LogP contribution in [0.3, 0.4) is 0 Å². The summed E-state index contributed by atoms with van der Waals surface area (Å²) in [5.41, 5.74) is 7.48. The summed E-state index contributed by atoms with van der Waals surface area (Å²) in [7, 11) is 0. The number of amides is 4. The topological polar surface area (TPSA) is 131 Å². The second-order valence-corrected chi connectivity index (χ2v) is 13.0. The van der Waals surface area contributed by atoms with Crippen LogP contribution < -0.4 is 16.4 Å². The van der Waals surface area contributed by atoms with Crippen LogP contribution in [-0.2, 0) is 19.1 Å². The van der Waals surface area contributed by atoms with Crippen LogP contribution in [0.15, 0.2) is 18.2 Å².